The first kappa shape index (κ1) is 80.8. The minimum Gasteiger partial charge on any atom is -0.497 e. The maximum Gasteiger partial charge on any atom is 0.259 e. The van der Waals surface area contributed by atoms with Gasteiger partial charge in [0.2, 0.25) is 0 Å². The molecule has 1 saturated carbocycles. The number of aromatic nitrogens is 8. The number of ether oxygens (including phenoxy) is 4. The summed E-state index contributed by atoms with van der Waals surface area (Å²) in [6.45, 7) is 31.7. The van der Waals surface area contributed by atoms with Gasteiger partial charge in [-0.15, -0.1) is 26.3 Å². The average Bonchev–Trinajstić information content (AvgIpc) is 1.68. The number of rotatable bonds is 23. The van der Waals surface area contributed by atoms with Crippen LogP contribution in [0.1, 0.15) is 151 Å². The normalized spacial score (nSPS) is 15.2. The Morgan fingerprint density at radius 1 is 0.524 bits per heavy atom. The third-order valence-electron chi connectivity index (χ3n) is 19.8. The van der Waals surface area contributed by atoms with E-state index in [0.717, 1.165) is 157 Å². The lowest BCUT2D eigenvalue weighted by molar-refractivity contribution is 0.218. The first-order valence-corrected chi connectivity index (χ1v) is 38.1. The van der Waals surface area contributed by atoms with Gasteiger partial charge in [-0.2, -0.15) is 0 Å². The molecule has 4 heterocycles. The van der Waals surface area contributed by atoms with E-state index in [4.69, 9.17) is 38.9 Å². The number of hydrogen-bond acceptors (Lipinski definition) is 15. The first-order chi connectivity index (χ1) is 48.8. The molecule has 548 valence electrons. The molecule has 8 aromatic rings. The van der Waals surface area contributed by atoms with Crippen molar-refractivity contribution in [2.45, 2.75) is 184 Å². The SMILES string of the molecule is C.C.C=CCn1c(CCC)nc2c(c1=O)C1(CCCCC1)Cc1ccccc1-2.C=CCn1c(SCCOC)nc2c(c1=O)C(C)(C)Cc1cc(OC)ccc1-2.C=CCn1c(SCCOC)nc2c(c1=O)C(C)(C)c1ccccc1-2.C=CCn1c(SCCOC)nc2c(c1=O)CC(C)c1ccccc1-2. The average molecular weight is 1450 g/mol. The fourth-order valence-corrected chi connectivity index (χ4v) is 17.8. The number of aryl methyl sites for hydroxylation is 1. The van der Waals surface area contributed by atoms with Gasteiger partial charge in [0.1, 0.15) is 11.6 Å². The number of nitrogens with zero attached hydrogens (tertiary/aromatic N) is 8. The maximum atomic E-state index is 13.7. The van der Waals surface area contributed by atoms with E-state index in [0.29, 0.717) is 57.1 Å². The highest BCUT2D eigenvalue weighted by Gasteiger charge is 2.44. The van der Waals surface area contributed by atoms with Crippen LogP contribution in [0.2, 0.25) is 0 Å². The van der Waals surface area contributed by atoms with Crippen LogP contribution in [0, 0.1) is 0 Å². The zero-order chi connectivity index (χ0) is 72.2. The molecule has 13 rings (SSSR count). The summed E-state index contributed by atoms with van der Waals surface area (Å²) in [5, 5.41) is 2.17. The van der Waals surface area contributed by atoms with Crippen molar-refractivity contribution in [2.75, 3.05) is 65.5 Å². The van der Waals surface area contributed by atoms with Crippen LogP contribution in [0.4, 0.5) is 0 Å². The molecule has 16 nitrogen and oxygen atoms in total. The van der Waals surface area contributed by atoms with Crippen LogP contribution in [0.15, 0.2) is 176 Å². The van der Waals surface area contributed by atoms with Gasteiger partial charge < -0.3 is 18.9 Å². The molecule has 0 radical (unpaired) electrons. The van der Waals surface area contributed by atoms with Gasteiger partial charge in [-0.1, -0.05) is 208 Å². The van der Waals surface area contributed by atoms with Gasteiger partial charge in [0.25, 0.3) is 22.2 Å². The van der Waals surface area contributed by atoms with Gasteiger partial charge in [0.05, 0.1) is 60.8 Å². The molecule has 103 heavy (non-hydrogen) atoms. The largest absolute Gasteiger partial charge is 0.497 e. The Bertz CT molecular complexity index is 4610. The standard InChI is InChI=1S/C23H28N2O.C21H26N2O3S.2C19H22N2O2S.2CH4/c1-3-10-19-24-21-18-12-7-6-11-17(18)16-23(13-8-5-9-14-23)20(21)22(26)25(19)15-4-2;1-6-9-23-19(24)17-18(22-20(23)27-11-10-25-4)16-8-7-15(26-5)12-14(16)13-21(17,2)3;1-5-10-21-17(22)15-16(20-18(21)24-12-11-23-4)13-8-6-7-9-14(13)19(15,2)3;1-4-9-21-18(22)16-12-13(2)14-7-5-6-8-15(14)17(16)20-19(21)24-11-10-23-3;;/h4,6-7,11-12H,2-3,5,8-10,13-16H2,1H3;6-8,12H,1,9-11,13H2,2-5H3;5-9H,1,10-12H2,2-4H3;4-8,13H,1,9-12H2,2-3H3;2*1H4. The van der Waals surface area contributed by atoms with E-state index in [1.807, 2.05) is 47.0 Å². The number of methoxy groups -OCH3 is 4. The molecule has 4 aromatic heterocycles. The Balaban J connectivity index is 0.000000173. The minimum absolute atomic E-state index is 0. The summed E-state index contributed by atoms with van der Waals surface area (Å²) in [6, 6.07) is 31.0. The molecular weight excluding hydrogens is 1350 g/mol. The molecule has 19 heteroatoms. The summed E-state index contributed by atoms with van der Waals surface area (Å²) in [6.07, 6.45) is 17.2. The van der Waals surface area contributed by atoms with Crippen molar-refractivity contribution in [2.24, 2.45) is 0 Å². The van der Waals surface area contributed by atoms with Crippen LogP contribution in [0.25, 0.3) is 45.0 Å². The fraction of sp³-hybridized carbons (Fsp3) is 0.429. The van der Waals surface area contributed by atoms with E-state index >= 15 is 0 Å². The summed E-state index contributed by atoms with van der Waals surface area (Å²) in [7, 11) is 6.69. The second kappa shape index (κ2) is 36.2. The number of fused-ring (bicyclic) bond motifs is 13. The van der Waals surface area contributed by atoms with E-state index in [9.17, 15) is 19.2 Å². The number of hydrogen-bond donors (Lipinski definition) is 0. The summed E-state index contributed by atoms with van der Waals surface area (Å²) in [5.41, 5.74) is 15.7. The monoisotopic (exact) mass is 1450 g/mol. The summed E-state index contributed by atoms with van der Waals surface area (Å²) in [5.74, 6) is 4.30. The summed E-state index contributed by atoms with van der Waals surface area (Å²) < 4.78 is 27.8. The van der Waals surface area contributed by atoms with Gasteiger partial charge in [-0.05, 0) is 84.9 Å². The Kier molecular flexibility index (Phi) is 28.4. The maximum absolute atomic E-state index is 13.7. The number of benzene rings is 4. The van der Waals surface area contributed by atoms with Gasteiger partial charge in [-0.3, -0.25) is 37.4 Å². The Morgan fingerprint density at radius 2 is 1.00 bits per heavy atom. The molecule has 1 atom stereocenters. The van der Waals surface area contributed by atoms with Gasteiger partial charge in [-0.25, -0.2) is 19.9 Å². The lowest BCUT2D eigenvalue weighted by Gasteiger charge is -2.42. The Labute approximate surface area is 622 Å². The Hall–Kier alpha value is -7.91. The molecule has 1 fully saturated rings. The topological polar surface area (TPSA) is 176 Å². The number of thioether (sulfide) groups is 3. The summed E-state index contributed by atoms with van der Waals surface area (Å²) >= 11 is 4.63. The minimum atomic E-state index is -0.339. The van der Waals surface area contributed by atoms with Gasteiger partial charge in [0, 0.05) is 121 Å². The van der Waals surface area contributed by atoms with E-state index < -0.39 is 0 Å². The van der Waals surface area contributed by atoms with Gasteiger partial charge >= 0.3 is 0 Å². The third kappa shape index (κ3) is 16.8. The van der Waals surface area contributed by atoms with Crippen molar-refractivity contribution in [1.29, 1.82) is 0 Å². The fourth-order valence-electron chi connectivity index (χ4n) is 15.0. The van der Waals surface area contributed by atoms with Crippen LogP contribution in [0.3, 0.4) is 0 Å². The molecule has 0 aliphatic heterocycles. The quantitative estimate of drug-likeness (QED) is 0.0256. The van der Waals surface area contributed by atoms with Crippen LogP contribution in [-0.2, 0) is 82.3 Å². The summed E-state index contributed by atoms with van der Waals surface area (Å²) in [4.78, 5) is 73.1. The van der Waals surface area contributed by atoms with Gasteiger partial charge in [0.15, 0.2) is 15.5 Å². The smallest absolute Gasteiger partial charge is 0.259 e. The van der Waals surface area contributed by atoms with Crippen molar-refractivity contribution in [1.82, 2.24) is 38.2 Å². The highest BCUT2D eigenvalue weighted by atomic mass is 32.2. The molecule has 0 amide bonds. The van der Waals surface area contributed by atoms with Crippen LogP contribution in [-0.4, -0.2) is 104 Å². The van der Waals surface area contributed by atoms with Crippen molar-refractivity contribution in [3.05, 3.63) is 233 Å². The lowest BCUT2D eigenvalue weighted by Crippen LogP contribution is -2.43. The van der Waals surface area contributed by atoms with E-state index in [1.54, 1.807) is 83.9 Å². The highest BCUT2D eigenvalue weighted by molar-refractivity contribution is 7.99. The highest BCUT2D eigenvalue weighted by Crippen LogP contribution is 2.50. The molecule has 1 spiro atoms. The Morgan fingerprint density at radius 3 is 1.56 bits per heavy atom. The molecule has 0 saturated heterocycles. The molecule has 1 unspecified atom stereocenters. The predicted octanol–water partition coefficient (Wildman–Crippen LogP) is 16.7. The molecule has 4 aromatic carbocycles. The third-order valence-corrected chi connectivity index (χ3v) is 22.6. The lowest BCUT2D eigenvalue weighted by atomic mass is 9.62. The van der Waals surface area contributed by atoms with Crippen molar-refractivity contribution in [3.8, 4) is 50.8 Å². The molecule has 5 aliphatic carbocycles. The second-order valence-electron chi connectivity index (χ2n) is 27.4. The van der Waals surface area contributed by atoms with Crippen LogP contribution < -0.4 is 27.0 Å². The van der Waals surface area contributed by atoms with Crippen molar-refractivity contribution >= 4 is 35.3 Å². The van der Waals surface area contributed by atoms with E-state index in [1.165, 1.54) is 47.7 Å². The van der Waals surface area contributed by atoms with Crippen molar-refractivity contribution in [3.63, 3.8) is 0 Å². The second-order valence-corrected chi connectivity index (χ2v) is 30.6. The predicted molar refractivity (Wildman–Crippen MR) is 428 cm³/mol. The van der Waals surface area contributed by atoms with E-state index in [2.05, 4.69) is 122 Å². The zero-order valence-electron chi connectivity index (χ0n) is 60.6. The first-order valence-electron chi connectivity index (χ1n) is 35.1. The number of allylic oxidation sites excluding steroid dienone is 4. The van der Waals surface area contributed by atoms with Crippen LogP contribution >= 0.6 is 35.3 Å². The molecule has 5 aliphatic rings. The zero-order valence-corrected chi connectivity index (χ0v) is 63.0. The van der Waals surface area contributed by atoms with E-state index in [-0.39, 0.29) is 53.3 Å². The molecular formula is C84H106N8O8S3. The molecule has 0 N–H and O–H groups in total. The van der Waals surface area contributed by atoms with Crippen LogP contribution in [0.5, 0.6) is 5.75 Å². The molecule has 0 bridgehead atoms. The van der Waals surface area contributed by atoms with Crippen molar-refractivity contribution < 1.29 is 18.9 Å².